The number of hydrogen-bond donors (Lipinski definition) is 4. The molecule has 3 heterocycles. The van der Waals surface area contributed by atoms with Gasteiger partial charge in [0.1, 0.15) is 29.1 Å². The van der Waals surface area contributed by atoms with Gasteiger partial charge in [-0.05, 0) is 18.2 Å². The predicted molar refractivity (Wildman–Crippen MR) is 141 cm³/mol. The Morgan fingerprint density at radius 3 is 2.24 bits per heavy atom. The molecule has 2 aliphatic heterocycles. The normalized spacial score (nSPS) is 16.1. The first-order valence-corrected chi connectivity index (χ1v) is 11.0. The van der Waals surface area contributed by atoms with Crippen molar-refractivity contribution in [3.8, 4) is 23.0 Å². The number of ether oxygens (including phenoxy) is 4. The van der Waals surface area contributed by atoms with Crippen LogP contribution in [0.2, 0.25) is 5.15 Å². The molecule has 2 atom stereocenters. The number of hydrogen-bond acceptors (Lipinski definition) is 9. The van der Waals surface area contributed by atoms with Crippen LogP contribution in [0.4, 0.5) is 11.6 Å². The molecule has 1 amide bonds. The third-order valence-electron chi connectivity index (χ3n) is 5.52. The van der Waals surface area contributed by atoms with Gasteiger partial charge in [-0.25, -0.2) is 9.97 Å². The highest BCUT2D eigenvalue weighted by Crippen LogP contribution is 2.52. The zero-order valence-electron chi connectivity index (χ0n) is 19.8. The quantitative estimate of drug-likeness (QED) is 0.276. The van der Waals surface area contributed by atoms with E-state index in [0.29, 0.717) is 6.61 Å². The molecule has 12 nitrogen and oxygen atoms in total. The molecule has 37 heavy (non-hydrogen) atoms. The van der Waals surface area contributed by atoms with E-state index in [9.17, 15) is 4.79 Å². The van der Waals surface area contributed by atoms with Crippen LogP contribution in [0, 0.1) is 0 Å². The van der Waals surface area contributed by atoms with Gasteiger partial charge >= 0.3 is 5.91 Å². The van der Waals surface area contributed by atoms with Crippen molar-refractivity contribution in [1.29, 1.82) is 0 Å². The van der Waals surface area contributed by atoms with Crippen molar-refractivity contribution >= 4 is 47.5 Å². The minimum absolute atomic E-state index is 0. The highest BCUT2D eigenvalue weighted by Gasteiger charge is 2.40. The number of rotatable bonds is 3. The third kappa shape index (κ3) is 5.65. The number of fused-ring (bicyclic) bond motifs is 5. The summed E-state index contributed by atoms with van der Waals surface area (Å²) in [5, 5.41) is -0.140. The number of methoxy groups -OCH3 is 2. The van der Waals surface area contributed by atoms with Crippen LogP contribution in [0.15, 0.2) is 41.4 Å². The Kier molecular flexibility index (Phi) is 8.35. The number of carbonyl (C=O) groups excluding carboxylic acids is 1. The van der Waals surface area contributed by atoms with E-state index >= 15 is 0 Å². The van der Waals surface area contributed by atoms with Crippen LogP contribution >= 0.6 is 24.0 Å². The molecule has 0 bridgehead atoms. The second kappa shape index (κ2) is 11.3. The number of halogens is 2. The average Bonchev–Trinajstić information content (AvgIpc) is 3.23. The Morgan fingerprint density at radius 2 is 1.62 bits per heavy atom. The Morgan fingerprint density at radius 1 is 1.00 bits per heavy atom. The van der Waals surface area contributed by atoms with Crippen molar-refractivity contribution in [2.45, 2.75) is 12.0 Å². The van der Waals surface area contributed by atoms with E-state index in [1.54, 1.807) is 14.2 Å². The van der Waals surface area contributed by atoms with Crippen LogP contribution in [0.3, 0.4) is 0 Å². The number of carbonyl (C=O) groups is 1. The molecule has 2 aromatic carbocycles. The first-order chi connectivity index (χ1) is 17.2. The maximum absolute atomic E-state index is 11.3. The summed E-state index contributed by atoms with van der Waals surface area (Å²) in [4.78, 5) is 21.7. The summed E-state index contributed by atoms with van der Waals surface area (Å²) in [5.74, 6) is 2.06. The molecular weight excluding hydrogens is 525 g/mol. The summed E-state index contributed by atoms with van der Waals surface area (Å²) in [6, 6.07) is 11.9. The van der Waals surface area contributed by atoms with E-state index in [-0.39, 0.29) is 46.9 Å². The molecule has 3 aromatic rings. The molecule has 0 saturated carbocycles. The van der Waals surface area contributed by atoms with Gasteiger partial charge < -0.3 is 41.9 Å². The Labute approximate surface area is 223 Å². The van der Waals surface area contributed by atoms with E-state index in [0.717, 1.165) is 28.6 Å². The number of nitrogens with two attached hydrogens (primary N) is 4. The number of amides is 1. The van der Waals surface area contributed by atoms with E-state index in [2.05, 4.69) is 21.0 Å². The lowest BCUT2D eigenvalue weighted by Gasteiger charge is -2.28. The second-order valence-corrected chi connectivity index (χ2v) is 8.10. The fourth-order valence-corrected chi connectivity index (χ4v) is 3.97. The fourth-order valence-electron chi connectivity index (χ4n) is 3.84. The number of nitrogens with zero attached hydrogens (tertiary/aromatic N) is 3. The Balaban J connectivity index is 0.000000213. The smallest absolute Gasteiger partial charge is 0.302 e. The van der Waals surface area contributed by atoms with Crippen molar-refractivity contribution in [2.24, 2.45) is 16.5 Å². The molecule has 8 N–H and O–H groups in total. The molecule has 196 valence electrons. The predicted octanol–water partition coefficient (Wildman–Crippen LogP) is 2.44. The van der Waals surface area contributed by atoms with Gasteiger partial charge in [-0.1, -0.05) is 17.7 Å². The molecule has 2 aliphatic rings. The Bertz CT molecular complexity index is 1350. The number of aliphatic imine (C=N–C) groups is 1. The van der Waals surface area contributed by atoms with Crippen molar-refractivity contribution in [3.05, 3.63) is 58.4 Å². The SMILES string of the molecule is COc1ccc2c(c1)OC1c3ccc(OC)cc3OCC21.Cl.NC(N)=NC(=O)c1nc(Cl)c(N)nc1N. The van der Waals surface area contributed by atoms with Gasteiger partial charge in [0.15, 0.2) is 28.4 Å². The zero-order chi connectivity index (χ0) is 26.0. The molecule has 1 aromatic heterocycles. The van der Waals surface area contributed by atoms with Crippen molar-refractivity contribution in [2.75, 3.05) is 32.3 Å². The maximum Gasteiger partial charge on any atom is 0.302 e. The lowest BCUT2D eigenvalue weighted by molar-refractivity contribution is 0.0998. The highest BCUT2D eigenvalue weighted by atomic mass is 35.5. The van der Waals surface area contributed by atoms with Crippen LogP contribution in [0.1, 0.15) is 33.6 Å². The van der Waals surface area contributed by atoms with Gasteiger partial charge in [-0.15, -0.1) is 12.4 Å². The first-order valence-electron chi connectivity index (χ1n) is 10.6. The molecule has 2 unspecified atom stereocenters. The van der Waals surface area contributed by atoms with Crippen molar-refractivity contribution in [1.82, 2.24) is 9.97 Å². The summed E-state index contributed by atoms with van der Waals surface area (Å²) >= 11 is 5.55. The minimum atomic E-state index is -0.832. The van der Waals surface area contributed by atoms with Crippen molar-refractivity contribution in [3.63, 3.8) is 0 Å². The molecule has 5 rings (SSSR count). The van der Waals surface area contributed by atoms with Crippen LogP contribution in [-0.4, -0.2) is 42.7 Å². The van der Waals surface area contributed by atoms with Crippen LogP contribution in [0.25, 0.3) is 0 Å². The van der Waals surface area contributed by atoms with Gasteiger partial charge in [0, 0.05) is 23.3 Å². The maximum atomic E-state index is 11.3. The van der Waals surface area contributed by atoms with Gasteiger partial charge in [-0.3, -0.25) is 4.79 Å². The molecular formula is C23H25Cl2N7O5. The third-order valence-corrected chi connectivity index (χ3v) is 5.80. The van der Waals surface area contributed by atoms with E-state index in [1.165, 1.54) is 5.56 Å². The van der Waals surface area contributed by atoms with E-state index in [4.69, 9.17) is 53.5 Å². The van der Waals surface area contributed by atoms with Crippen molar-refractivity contribution < 1.29 is 23.7 Å². The standard InChI is InChI=1S/C17H16O4.C6H8ClN7O.ClH/c1-18-10-4-6-13-15(7-10)20-9-14-12-5-3-11(19-2)8-16(12)21-17(13)14;7-2-4(9)13-3(8)1(12-2)5(15)14-6(10)11;/h3-8,14,17H,9H2,1-2H3;(H4,8,9,13)(H4,10,11,14,15);1H. The lowest BCUT2D eigenvalue weighted by atomic mass is 9.89. The molecule has 0 fully saturated rings. The topological polar surface area (TPSA) is 196 Å². The first kappa shape index (κ1) is 27.4. The lowest BCUT2D eigenvalue weighted by Crippen LogP contribution is -2.24. The summed E-state index contributed by atoms with van der Waals surface area (Å²) in [6.07, 6.45) is 0.00163. The van der Waals surface area contributed by atoms with Gasteiger partial charge in [0.2, 0.25) is 0 Å². The molecule has 0 saturated heterocycles. The monoisotopic (exact) mass is 549 g/mol. The summed E-state index contributed by atoms with van der Waals surface area (Å²) in [7, 11) is 3.32. The van der Waals surface area contributed by atoms with Crippen LogP contribution in [0.5, 0.6) is 23.0 Å². The summed E-state index contributed by atoms with van der Waals surface area (Å²) in [5.41, 5.74) is 22.7. The number of anilines is 2. The van der Waals surface area contributed by atoms with E-state index < -0.39 is 11.9 Å². The van der Waals surface area contributed by atoms with Crippen LogP contribution in [-0.2, 0) is 0 Å². The molecule has 14 heteroatoms. The average molecular weight is 550 g/mol. The number of benzene rings is 2. The van der Waals surface area contributed by atoms with E-state index in [1.807, 2.05) is 30.3 Å². The number of nitrogen functional groups attached to an aromatic ring is 2. The highest BCUT2D eigenvalue weighted by molar-refractivity contribution is 6.31. The summed E-state index contributed by atoms with van der Waals surface area (Å²) < 4.78 is 22.6. The van der Waals surface area contributed by atoms with Gasteiger partial charge in [-0.2, -0.15) is 4.99 Å². The van der Waals surface area contributed by atoms with Crippen LogP contribution < -0.4 is 41.9 Å². The minimum Gasteiger partial charge on any atom is -0.497 e. The second-order valence-electron chi connectivity index (χ2n) is 7.74. The van der Waals surface area contributed by atoms with Gasteiger partial charge in [0.05, 0.1) is 26.7 Å². The zero-order valence-corrected chi connectivity index (χ0v) is 21.4. The largest absolute Gasteiger partial charge is 0.497 e. The number of aromatic nitrogens is 2. The molecule has 0 aliphatic carbocycles. The summed E-state index contributed by atoms with van der Waals surface area (Å²) in [6.45, 7) is 0.615. The van der Waals surface area contributed by atoms with Gasteiger partial charge in [0.25, 0.3) is 0 Å². The molecule has 0 radical (unpaired) electrons. The number of guanidine groups is 1. The Hall–Kier alpha value is -4.16. The fraction of sp³-hybridized carbons (Fsp3) is 0.217. The molecule has 0 spiro atoms.